The van der Waals surface area contributed by atoms with Gasteiger partial charge in [-0.1, -0.05) is 43.7 Å². The summed E-state index contributed by atoms with van der Waals surface area (Å²) in [7, 11) is 0. The van der Waals surface area contributed by atoms with Crippen molar-refractivity contribution < 1.29 is 0 Å². The number of hydrogen-bond acceptors (Lipinski definition) is 2. The maximum absolute atomic E-state index is 6.02. The third kappa shape index (κ3) is 3.82. The molecule has 1 saturated carbocycles. The Hall–Kier alpha value is -0.860. The molecule has 0 spiro atoms. The standard InChI is InChI=1S/C16H26N2/c1-2-3-11-18(15-9-10-15)16(13-17)12-14-7-5-4-6-8-14/h4-8,15-16H,2-3,9-13,17H2,1H3. The number of unbranched alkanes of at least 4 members (excludes halogenated alkanes) is 1. The van der Waals surface area contributed by atoms with Crippen molar-refractivity contribution >= 4 is 0 Å². The van der Waals surface area contributed by atoms with Crippen molar-refractivity contribution in [2.75, 3.05) is 13.1 Å². The van der Waals surface area contributed by atoms with Crippen LogP contribution in [0.4, 0.5) is 0 Å². The van der Waals surface area contributed by atoms with Crippen molar-refractivity contribution in [3.8, 4) is 0 Å². The van der Waals surface area contributed by atoms with E-state index in [2.05, 4.69) is 42.2 Å². The molecule has 0 amide bonds. The van der Waals surface area contributed by atoms with Crippen molar-refractivity contribution in [3.05, 3.63) is 35.9 Å². The van der Waals surface area contributed by atoms with Gasteiger partial charge in [0.25, 0.3) is 0 Å². The van der Waals surface area contributed by atoms with E-state index in [-0.39, 0.29) is 0 Å². The minimum Gasteiger partial charge on any atom is -0.329 e. The van der Waals surface area contributed by atoms with E-state index in [1.165, 1.54) is 37.8 Å². The van der Waals surface area contributed by atoms with E-state index in [1.54, 1.807) is 0 Å². The highest BCUT2D eigenvalue weighted by molar-refractivity contribution is 5.16. The van der Waals surface area contributed by atoms with Crippen molar-refractivity contribution in [1.29, 1.82) is 0 Å². The van der Waals surface area contributed by atoms with Crippen molar-refractivity contribution in [1.82, 2.24) is 4.90 Å². The number of nitrogens with two attached hydrogens (primary N) is 1. The number of rotatable bonds is 8. The largest absolute Gasteiger partial charge is 0.329 e. The van der Waals surface area contributed by atoms with Crippen LogP contribution in [0.5, 0.6) is 0 Å². The fraction of sp³-hybridized carbons (Fsp3) is 0.625. The maximum Gasteiger partial charge on any atom is 0.0261 e. The first-order valence-corrected chi connectivity index (χ1v) is 7.35. The summed E-state index contributed by atoms with van der Waals surface area (Å²) in [6.07, 6.45) is 6.40. The molecule has 1 fully saturated rings. The van der Waals surface area contributed by atoms with Gasteiger partial charge in [-0.3, -0.25) is 4.90 Å². The molecule has 1 aromatic carbocycles. The summed E-state index contributed by atoms with van der Waals surface area (Å²) in [5.74, 6) is 0. The van der Waals surface area contributed by atoms with Crippen LogP contribution in [-0.2, 0) is 6.42 Å². The zero-order valence-electron chi connectivity index (χ0n) is 11.5. The molecule has 1 unspecified atom stereocenters. The SMILES string of the molecule is CCCCN(C1CC1)C(CN)Cc1ccccc1. The van der Waals surface area contributed by atoms with Gasteiger partial charge in [0, 0.05) is 18.6 Å². The fourth-order valence-corrected chi connectivity index (χ4v) is 2.63. The highest BCUT2D eigenvalue weighted by Gasteiger charge is 2.32. The predicted octanol–water partition coefficient (Wildman–Crippen LogP) is 2.82. The second kappa shape index (κ2) is 6.91. The lowest BCUT2D eigenvalue weighted by Gasteiger charge is -2.31. The summed E-state index contributed by atoms with van der Waals surface area (Å²) in [5, 5.41) is 0. The molecule has 2 heteroatoms. The van der Waals surface area contributed by atoms with Crippen LogP contribution < -0.4 is 5.73 Å². The molecule has 2 rings (SSSR count). The van der Waals surface area contributed by atoms with Crippen LogP contribution in [-0.4, -0.2) is 30.1 Å². The zero-order chi connectivity index (χ0) is 12.8. The molecule has 2 nitrogen and oxygen atoms in total. The van der Waals surface area contributed by atoms with Crippen LogP contribution >= 0.6 is 0 Å². The topological polar surface area (TPSA) is 29.3 Å². The average Bonchev–Trinajstić information content (AvgIpc) is 3.23. The van der Waals surface area contributed by atoms with Gasteiger partial charge in [-0.25, -0.2) is 0 Å². The Morgan fingerprint density at radius 3 is 2.56 bits per heavy atom. The van der Waals surface area contributed by atoms with E-state index in [1.807, 2.05) is 0 Å². The first-order chi connectivity index (χ1) is 8.85. The molecule has 100 valence electrons. The number of hydrogen-bond donors (Lipinski definition) is 1. The lowest BCUT2D eigenvalue weighted by atomic mass is 10.0. The van der Waals surface area contributed by atoms with Gasteiger partial charge in [-0.05, 0) is 37.8 Å². The maximum atomic E-state index is 6.02. The van der Waals surface area contributed by atoms with Gasteiger partial charge in [0.1, 0.15) is 0 Å². The predicted molar refractivity (Wildman–Crippen MR) is 77.6 cm³/mol. The van der Waals surface area contributed by atoms with Gasteiger partial charge in [0.2, 0.25) is 0 Å². The van der Waals surface area contributed by atoms with Gasteiger partial charge >= 0.3 is 0 Å². The van der Waals surface area contributed by atoms with Gasteiger partial charge < -0.3 is 5.73 Å². The molecule has 1 atom stereocenters. The number of nitrogens with zero attached hydrogens (tertiary/aromatic N) is 1. The summed E-state index contributed by atoms with van der Waals surface area (Å²) >= 11 is 0. The Kier molecular flexibility index (Phi) is 5.21. The lowest BCUT2D eigenvalue weighted by Crippen LogP contribution is -2.44. The van der Waals surface area contributed by atoms with Crippen molar-refractivity contribution in [3.63, 3.8) is 0 Å². The van der Waals surface area contributed by atoms with E-state index in [9.17, 15) is 0 Å². The highest BCUT2D eigenvalue weighted by Crippen LogP contribution is 2.29. The molecule has 18 heavy (non-hydrogen) atoms. The van der Waals surface area contributed by atoms with Gasteiger partial charge in [-0.15, -0.1) is 0 Å². The molecular weight excluding hydrogens is 220 g/mol. The Morgan fingerprint density at radius 1 is 1.28 bits per heavy atom. The van der Waals surface area contributed by atoms with Gasteiger partial charge in [0.05, 0.1) is 0 Å². The van der Waals surface area contributed by atoms with Gasteiger partial charge in [0.15, 0.2) is 0 Å². The van der Waals surface area contributed by atoms with E-state index >= 15 is 0 Å². The second-order valence-corrected chi connectivity index (χ2v) is 5.40. The lowest BCUT2D eigenvalue weighted by molar-refractivity contribution is 0.186. The molecule has 1 aromatic rings. The van der Waals surface area contributed by atoms with Crippen LogP contribution in [0.25, 0.3) is 0 Å². The number of benzene rings is 1. The van der Waals surface area contributed by atoms with Crippen LogP contribution in [0.3, 0.4) is 0 Å². The summed E-state index contributed by atoms with van der Waals surface area (Å²) in [4.78, 5) is 2.66. The van der Waals surface area contributed by atoms with E-state index in [0.717, 1.165) is 19.0 Å². The molecular formula is C16H26N2. The zero-order valence-corrected chi connectivity index (χ0v) is 11.5. The second-order valence-electron chi connectivity index (χ2n) is 5.40. The van der Waals surface area contributed by atoms with E-state index in [4.69, 9.17) is 5.73 Å². The highest BCUT2D eigenvalue weighted by atomic mass is 15.2. The van der Waals surface area contributed by atoms with Crippen molar-refractivity contribution in [2.45, 2.75) is 51.1 Å². The first-order valence-electron chi connectivity index (χ1n) is 7.35. The Bertz CT molecular complexity index is 332. The summed E-state index contributed by atoms with van der Waals surface area (Å²) in [6.45, 7) is 4.25. The molecule has 0 heterocycles. The third-order valence-electron chi connectivity index (χ3n) is 3.84. The Balaban J connectivity index is 1.96. The van der Waals surface area contributed by atoms with E-state index in [0.29, 0.717) is 6.04 Å². The quantitative estimate of drug-likeness (QED) is 0.764. The molecule has 0 saturated heterocycles. The summed E-state index contributed by atoms with van der Waals surface area (Å²) < 4.78 is 0. The van der Waals surface area contributed by atoms with Gasteiger partial charge in [-0.2, -0.15) is 0 Å². The van der Waals surface area contributed by atoms with Crippen LogP contribution in [0.2, 0.25) is 0 Å². The monoisotopic (exact) mass is 246 g/mol. The summed E-state index contributed by atoms with van der Waals surface area (Å²) in [6, 6.07) is 12.1. The smallest absolute Gasteiger partial charge is 0.0261 e. The van der Waals surface area contributed by atoms with E-state index < -0.39 is 0 Å². The molecule has 0 radical (unpaired) electrons. The Labute approximate surface area is 111 Å². The third-order valence-corrected chi connectivity index (χ3v) is 3.84. The summed E-state index contributed by atoms with van der Waals surface area (Å²) in [5.41, 5.74) is 7.43. The molecule has 0 aromatic heterocycles. The fourth-order valence-electron chi connectivity index (χ4n) is 2.63. The molecule has 1 aliphatic rings. The molecule has 0 bridgehead atoms. The molecule has 0 aliphatic heterocycles. The van der Waals surface area contributed by atoms with Crippen LogP contribution in [0.1, 0.15) is 38.2 Å². The van der Waals surface area contributed by atoms with Crippen LogP contribution in [0, 0.1) is 0 Å². The average molecular weight is 246 g/mol. The first kappa shape index (κ1) is 13.6. The normalized spacial score (nSPS) is 17.1. The minimum atomic E-state index is 0.520. The van der Waals surface area contributed by atoms with Crippen molar-refractivity contribution in [2.24, 2.45) is 5.73 Å². The molecule has 1 aliphatic carbocycles. The van der Waals surface area contributed by atoms with Crippen LogP contribution in [0.15, 0.2) is 30.3 Å². The minimum absolute atomic E-state index is 0.520. The molecule has 2 N–H and O–H groups in total. The Morgan fingerprint density at radius 2 is 2.00 bits per heavy atom.